The molecule has 0 spiro atoms. The van der Waals surface area contributed by atoms with Crippen LogP contribution in [0.15, 0.2) is 34.9 Å². The Morgan fingerprint density at radius 2 is 1.88 bits per heavy atom. The van der Waals surface area contributed by atoms with Crippen LogP contribution in [-0.2, 0) is 9.53 Å². The highest BCUT2D eigenvalue weighted by Crippen LogP contribution is 2.50. The first-order valence-corrected chi connectivity index (χ1v) is 8.20. The summed E-state index contributed by atoms with van der Waals surface area (Å²) >= 11 is 0. The Bertz CT molecular complexity index is 863. The van der Waals surface area contributed by atoms with Gasteiger partial charge in [-0.15, -0.1) is 0 Å². The van der Waals surface area contributed by atoms with Gasteiger partial charge in [-0.25, -0.2) is 0 Å². The van der Waals surface area contributed by atoms with Crippen LogP contribution in [-0.4, -0.2) is 27.1 Å². The highest BCUT2D eigenvalue weighted by molar-refractivity contribution is 5.99. The average Bonchev–Trinajstić information content (AvgIpc) is 2.65. The Morgan fingerprint density at radius 3 is 2.50 bits per heavy atom. The van der Waals surface area contributed by atoms with Gasteiger partial charge < -0.3 is 24.7 Å². The van der Waals surface area contributed by atoms with Gasteiger partial charge in [-0.2, -0.15) is 5.26 Å². The zero-order chi connectivity index (χ0) is 18.8. The van der Waals surface area contributed by atoms with E-state index in [1.54, 1.807) is 12.1 Å². The number of methoxy groups -OCH3 is 3. The Morgan fingerprint density at radius 1 is 1.15 bits per heavy atom. The number of carbonyl (C=O) groups is 1. The third-order valence-electron chi connectivity index (χ3n) is 4.65. The van der Waals surface area contributed by atoms with Crippen LogP contribution in [0.25, 0.3) is 0 Å². The molecule has 3 rings (SSSR count). The molecule has 0 unspecified atom stereocenters. The second-order valence-electron chi connectivity index (χ2n) is 5.96. The van der Waals surface area contributed by atoms with Crippen molar-refractivity contribution in [2.45, 2.75) is 25.2 Å². The number of carbonyl (C=O) groups excluding carboxylic acids is 1. The summed E-state index contributed by atoms with van der Waals surface area (Å²) < 4.78 is 21.9. The summed E-state index contributed by atoms with van der Waals surface area (Å²) in [5.74, 6) is 1.10. The van der Waals surface area contributed by atoms with Crippen molar-refractivity contribution >= 4 is 5.78 Å². The molecule has 1 aliphatic heterocycles. The fraction of sp³-hybridized carbons (Fsp3) is 0.368. The number of allylic oxidation sites excluding steroid dienone is 3. The molecule has 0 saturated heterocycles. The smallest absolute Gasteiger partial charge is 0.205 e. The maximum Gasteiger partial charge on any atom is 0.205 e. The number of ether oxygens (including phenoxy) is 4. The number of benzene rings is 1. The molecule has 2 aliphatic rings. The van der Waals surface area contributed by atoms with Crippen LogP contribution < -0.4 is 19.9 Å². The Hall–Kier alpha value is -3.14. The lowest BCUT2D eigenvalue weighted by atomic mass is 9.77. The lowest BCUT2D eigenvalue weighted by Crippen LogP contribution is -2.27. The standard InChI is InChI=1S/C19H20N2O5/c1-23-14-8-7-10(17(24-2)18(14)25-3)15-11(9-20)19(21)26-13-6-4-5-12(22)16(13)15/h7-8,15H,4-6,21H2,1-3H3/t15-/m1/s1. The fourth-order valence-corrected chi connectivity index (χ4v) is 3.52. The van der Waals surface area contributed by atoms with Crippen molar-refractivity contribution < 1.29 is 23.7 Å². The van der Waals surface area contributed by atoms with Crippen LogP contribution in [0.4, 0.5) is 0 Å². The van der Waals surface area contributed by atoms with E-state index in [-0.39, 0.29) is 17.2 Å². The molecule has 0 fully saturated rings. The molecular formula is C19H20N2O5. The SMILES string of the molecule is COc1ccc([C@@H]2C(C#N)=C(N)OC3=C2C(=O)CCC3)c(OC)c1OC. The minimum Gasteiger partial charge on any atom is -0.493 e. The van der Waals surface area contributed by atoms with Gasteiger partial charge in [0.15, 0.2) is 17.3 Å². The molecule has 2 N–H and O–H groups in total. The molecule has 0 radical (unpaired) electrons. The third kappa shape index (κ3) is 2.64. The summed E-state index contributed by atoms with van der Waals surface area (Å²) in [6, 6.07) is 5.56. The van der Waals surface area contributed by atoms with Gasteiger partial charge in [-0.1, -0.05) is 6.07 Å². The molecule has 1 aliphatic carbocycles. The van der Waals surface area contributed by atoms with E-state index in [9.17, 15) is 10.1 Å². The van der Waals surface area contributed by atoms with E-state index in [0.29, 0.717) is 53.4 Å². The predicted molar refractivity (Wildman–Crippen MR) is 92.6 cm³/mol. The molecule has 26 heavy (non-hydrogen) atoms. The van der Waals surface area contributed by atoms with Gasteiger partial charge in [-0.3, -0.25) is 4.79 Å². The van der Waals surface area contributed by atoms with Crippen molar-refractivity contribution in [3.05, 3.63) is 40.5 Å². The van der Waals surface area contributed by atoms with Crippen molar-refractivity contribution in [1.29, 1.82) is 5.26 Å². The van der Waals surface area contributed by atoms with Gasteiger partial charge in [-0.05, 0) is 12.5 Å². The van der Waals surface area contributed by atoms with Gasteiger partial charge in [0.05, 0.1) is 27.2 Å². The van der Waals surface area contributed by atoms with E-state index in [2.05, 4.69) is 6.07 Å². The number of ketones is 1. The normalized spacial score (nSPS) is 19.5. The van der Waals surface area contributed by atoms with E-state index in [1.165, 1.54) is 21.3 Å². The van der Waals surface area contributed by atoms with Crippen molar-refractivity contribution in [3.63, 3.8) is 0 Å². The van der Waals surface area contributed by atoms with Crippen LogP contribution in [0.3, 0.4) is 0 Å². The van der Waals surface area contributed by atoms with Crippen LogP contribution in [0.1, 0.15) is 30.7 Å². The number of nitrogens with zero attached hydrogens (tertiary/aromatic N) is 1. The second kappa shape index (κ2) is 7.00. The molecule has 0 saturated carbocycles. The molecule has 0 aromatic heterocycles. The molecule has 1 heterocycles. The summed E-state index contributed by atoms with van der Waals surface area (Å²) in [6.07, 6.45) is 1.71. The van der Waals surface area contributed by atoms with Gasteiger partial charge in [0.2, 0.25) is 11.6 Å². The van der Waals surface area contributed by atoms with Crippen molar-refractivity contribution in [2.75, 3.05) is 21.3 Å². The number of rotatable bonds is 4. The van der Waals surface area contributed by atoms with Crippen molar-refractivity contribution in [1.82, 2.24) is 0 Å². The van der Waals surface area contributed by atoms with E-state index in [4.69, 9.17) is 24.7 Å². The summed E-state index contributed by atoms with van der Waals surface area (Å²) in [7, 11) is 4.52. The zero-order valence-electron chi connectivity index (χ0n) is 14.9. The van der Waals surface area contributed by atoms with Crippen LogP contribution in [0.2, 0.25) is 0 Å². The Kier molecular flexibility index (Phi) is 4.76. The molecular weight excluding hydrogens is 336 g/mol. The minimum atomic E-state index is -0.661. The Balaban J connectivity index is 2.28. The number of hydrogen-bond donors (Lipinski definition) is 1. The van der Waals surface area contributed by atoms with Gasteiger partial charge in [0.1, 0.15) is 17.4 Å². The van der Waals surface area contributed by atoms with Crippen molar-refractivity contribution in [3.8, 4) is 23.3 Å². The van der Waals surface area contributed by atoms with Gasteiger partial charge in [0, 0.05) is 24.0 Å². The summed E-state index contributed by atoms with van der Waals surface area (Å²) in [5, 5.41) is 9.66. The monoisotopic (exact) mass is 356 g/mol. The molecule has 1 aromatic carbocycles. The maximum atomic E-state index is 12.7. The van der Waals surface area contributed by atoms with E-state index < -0.39 is 5.92 Å². The topological polar surface area (TPSA) is 104 Å². The first-order chi connectivity index (χ1) is 12.6. The second-order valence-corrected chi connectivity index (χ2v) is 5.96. The summed E-state index contributed by atoms with van der Waals surface area (Å²) in [5.41, 5.74) is 7.24. The van der Waals surface area contributed by atoms with Crippen molar-refractivity contribution in [2.24, 2.45) is 5.73 Å². The molecule has 0 amide bonds. The van der Waals surface area contributed by atoms with Crippen LogP contribution in [0.5, 0.6) is 17.2 Å². The lowest BCUT2D eigenvalue weighted by Gasteiger charge is -2.32. The first-order valence-electron chi connectivity index (χ1n) is 8.20. The summed E-state index contributed by atoms with van der Waals surface area (Å²) in [6.45, 7) is 0. The molecule has 7 nitrogen and oxygen atoms in total. The number of Topliss-reactive ketones (excluding diaryl/α,β-unsaturated/α-hetero) is 1. The zero-order valence-corrected chi connectivity index (χ0v) is 14.9. The summed E-state index contributed by atoms with van der Waals surface area (Å²) in [4.78, 5) is 12.7. The van der Waals surface area contributed by atoms with E-state index >= 15 is 0 Å². The van der Waals surface area contributed by atoms with Gasteiger partial charge >= 0.3 is 0 Å². The van der Waals surface area contributed by atoms with Gasteiger partial charge in [0.25, 0.3) is 0 Å². The Labute approximate surface area is 151 Å². The van der Waals surface area contributed by atoms with Crippen LogP contribution in [0, 0.1) is 11.3 Å². The third-order valence-corrected chi connectivity index (χ3v) is 4.65. The quantitative estimate of drug-likeness (QED) is 0.884. The molecule has 1 atom stereocenters. The van der Waals surface area contributed by atoms with E-state index in [1.807, 2.05) is 0 Å². The maximum absolute atomic E-state index is 12.7. The number of nitrogens with two attached hydrogens (primary N) is 1. The largest absolute Gasteiger partial charge is 0.493 e. The first kappa shape index (κ1) is 17.7. The fourth-order valence-electron chi connectivity index (χ4n) is 3.52. The predicted octanol–water partition coefficient (Wildman–Crippen LogP) is 2.53. The average molecular weight is 356 g/mol. The van der Waals surface area contributed by atoms with Crippen LogP contribution >= 0.6 is 0 Å². The highest BCUT2D eigenvalue weighted by atomic mass is 16.5. The molecule has 1 aromatic rings. The molecule has 0 bridgehead atoms. The molecule has 136 valence electrons. The number of hydrogen-bond acceptors (Lipinski definition) is 7. The number of nitriles is 1. The highest BCUT2D eigenvalue weighted by Gasteiger charge is 2.40. The van der Waals surface area contributed by atoms with E-state index in [0.717, 1.165) is 0 Å². The minimum absolute atomic E-state index is 0.0165. The lowest BCUT2D eigenvalue weighted by molar-refractivity contribution is -0.116. The molecule has 7 heteroatoms.